The van der Waals surface area contributed by atoms with Crippen LogP contribution >= 0.6 is 23.1 Å². The molecule has 0 saturated carbocycles. The molecule has 0 spiro atoms. The van der Waals surface area contributed by atoms with Crippen LogP contribution in [0.4, 0.5) is 0 Å². The molecule has 7 heteroatoms. The van der Waals surface area contributed by atoms with Gasteiger partial charge in [-0.05, 0) is 27.2 Å². The minimum atomic E-state index is -0.312. The van der Waals surface area contributed by atoms with Gasteiger partial charge in [-0.3, -0.25) is 0 Å². The average molecular weight is 308 g/mol. The Kier molecular flexibility index (Phi) is 4.78. The Balaban J connectivity index is 1.85. The maximum absolute atomic E-state index is 8.94. The van der Waals surface area contributed by atoms with Gasteiger partial charge in [-0.25, -0.2) is 4.98 Å². The molecular weight excluding hydrogens is 292 g/mol. The summed E-state index contributed by atoms with van der Waals surface area (Å²) in [4.78, 5) is 4.37. The summed E-state index contributed by atoms with van der Waals surface area (Å²) in [7, 11) is 0. The molecule has 5 nitrogen and oxygen atoms in total. The standard InChI is InChI=1S/C13H16N4OS2/c1-9-15-10(7-20-9)6-11-16-17-12(18-11)19-5-4-13(2,3)8-14/h7H,4-6H2,1-3H3. The van der Waals surface area contributed by atoms with Crippen molar-refractivity contribution in [3.05, 3.63) is 22.0 Å². The molecular formula is C13H16N4OS2. The van der Waals surface area contributed by atoms with E-state index in [2.05, 4.69) is 21.3 Å². The molecule has 0 aliphatic rings. The highest BCUT2D eigenvalue weighted by atomic mass is 32.2. The quantitative estimate of drug-likeness (QED) is 0.761. The number of aromatic nitrogens is 3. The van der Waals surface area contributed by atoms with E-state index in [1.54, 1.807) is 11.3 Å². The zero-order chi connectivity index (χ0) is 14.6. The van der Waals surface area contributed by atoms with Gasteiger partial charge in [0.1, 0.15) is 0 Å². The predicted octanol–water partition coefficient (Wildman–Crippen LogP) is 3.46. The molecule has 0 radical (unpaired) electrons. The van der Waals surface area contributed by atoms with E-state index >= 15 is 0 Å². The van der Waals surface area contributed by atoms with E-state index in [-0.39, 0.29) is 5.41 Å². The van der Waals surface area contributed by atoms with Gasteiger partial charge in [0.15, 0.2) is 0 Å². The molecule has 20 heavy (non-hydrogen) atoms. The van der Waals surface area contributed by atoms with Gasteiger partial charge < -0.3 is 4.42 Å². The Labute approximate surface area is 126 Å². The Morgan fingerprint density at radius 2 is 2.25 bits per heavy atom. The van der Waals surface area contributed by atoms with Crippen LogP contribution in [-0.2, 0) is 6.42 Å². The molecule has 0 N–H and O–H groups in total. The van der Waals surface area contributed by atoms with Crippen LogP contribution in [0, 0.1) is 23.7 Å². The van der Waals surface area contributed by atoms with Gasteiger partial charge in [-0.1, -0.05) is 11.8 Å². The zero-order valence-electron chi connectivity index (χ0n) is 11.7. The first-order valence-corrected chi connectivity index (χ1v) is 8.12. The molecule has 2 aromatic heterocycles. The van der Waals surface area contributed by atoms with Crippen LogP contribution in [0.25, 0.3) is 0 Å². The van der Waals surface area contributed by atoms with Crippen molar-refractivity contribution in [1.29, 1.82) is 5.26 Å². The summed E-state index contributed by atoms with van der Waals surface area (Å²) in [5, 5.41) is 20.6. The van der Waals surface area contributed by atoms with Gasteiger partial charge in [0.2, 0.25) is 5.89 Å². The van der Waals surface area contributed by atoms with Crippen LogP contribution in [-0.4, -0.2) is 20.9 Å². The summed E-state index contributed by atoms with van der Waals surface area (Å²) in [5.74, 6) is 1.37. The topological polar surface area (TPSA) is 75.6 Å². The molecule has 0 amide bonds. The molecule has 2 heterocycles. The number of thiazole rings is 1. The molecule has 0 atom stereocenters. The fraction of sp³-hybridized carbons (Fsp3) is 0.538. The first-order valence-electron chi connectivity index (χ1n) is 6.26. The number of nitrogens with zero attached hydrogens (tertiary/aromatic N) is 4. The minimum Gasteiger partial charge on any atom is -0.416 e. The van der Waals surface area contributed by atoms with Crippen molar-refractivity contribution in [2.24, 2.45) is 5.41 Å². The van der Waals surface area contributed by atoms with Crippen molar-refractivity contribution in [3.63, 3.8) is 0 Å². The summed E-state index contributed by atoms with van der Waals surface area (Å²) >= 11 is 3.10. The predicted molar refractivity (Wildman–Crippen MR) is 78.7 cm³/mol. The number of thioether (sulfide) groups is 1. The van der Waals surface area contributed by atoms with E-state index in [0.717, 1.165) is 22.9 Å². The molecule has 0 aromatic carbocycles. The lowest BCUT2D eigenvalue weighted by atomic mass is 9.93. The van der Waals surface area contributed by atoms with Crippen molar-refractivity contribution < 1.29 is 4.42 Å². The van der Waals surface area contributed by atoms with Crippen LogP contribution in [0.5, 0.6) is 0 Å². The maximum atomic E-state index is 8.94. The molecule has 2 rings (SSSR count). The first-order chi connectivity index (χ1) is 9.48. The van der Waals surface area contributed by atoms with E-state index in [9.17, 15) is 0 Å². The lowest BCUT2D eigenvalue weighted by Gasteiger charge is -2.12. The second-order valence-corrected chi connectivity index (χ2v) is 7.20. The van der Waals surface area contributed by atoms with Gasteiger partial charge in [0, 0.05) is 11.1 Å². The van der Waals surface area contributed by atoms with Gasteiger partial charge >= 0.3 is 0 Å². The Morgan fingerprint density at radius 1 is 1.45 bits per heavy atom. The highest BCUT2D eigenvalue weighted by Gasteiger charge is 2.17. The molecule has 0 bridgehead atoms. The third-order valence-corrected chi connectivity index (χ3v) is 4.34. The zero-order valence-corrected chi connectivity index (χ0v) is 13.3. The normalized spacial score (nSPS) is 11.5. The highest BCUT2D eigenvalue weighted by Crippen LogP contribution is 2.25. The van der Waals surface area contributed by atoms with Crippen molar-refractivity contribution >= 4 is 23.1 Å². The number of hydrogen-bond donors (Lipinski definition) is 0. The lowest BCUT2D eigenvalue weighted by Crippen LogP contribution is -2.08. The molecule has 0 aliphatic carbocycles. The molecule has 2 aromatic rings. The second kappa shape index (κ2) is 6.37. The van der Waals surface area contributed by atoms with Crippen molar-refractivity contribution in [2.75, 3.05) is 5.75 Å². The van der Waals surface area contributed by atoms with Crippen LogP contribution in [0.15, 0.2) is 15.0 Å². The van der Waals surface area contributed by atoms with Crippen LogP contribution in [0.3, 0.4) is 0 Å². The number of hydrogen-bond acceptors (Lipinski definition) is 7. The van der Waals surface area contributed by atoms with E-state index in [1.807, 2.05) is 26.2 Å². The second-order valence-electron chi connectivity index (χ2n) is 5.09. The minimum absolute atomic E-state index is 0.312. The average Bonchev–Trinajstić information content (AvgIpc) is 2.99. The summed E-state index contributed by atoms with van der Waals surface area (Å²) in [6.45, 7) is 5.83. The lowest BCUT2D eigenvalue weighted by molar-refractivity contribution is 0.418. The van der Waals surface area contributed by atoms with Gasteiger partial charge in [-0.15, -0.1) is 21.5 Å². The maximum Gasteiger partial charge on any atom is 0.276 e. The van der Waals surface area contributed by atoms with Gasteiger partial charge in [0.25, 0.3) is 5.22 Å². The van der Waals surface area contributed by atoms with Crippen molar-refractivity contribution in [3.8, 4) is 6.07 Å². The van der Waals surface area contributed by atoms with Crippen LogP contribution in [0.2, 0.25) is 0 Å². The van der Waals surface area contributed by atoms with Crippen molar-refractivity contribution in [2.45, 2.75) is 38.8 Å². The van der Waals surface area contributed by atoms with Crippen LogP contribution < -0.4 is 0 Å². The van der Waals surface area contributed by atoms with E-state index in [1.165, 1.54) is 11.8 Å². The molecule has 106 valence electrons. The summed E-state index contributed by atoms with van der Waals surface area (Å²) in [5.41, 5.74) is 0.645. The van der Waals surface area contributed by atoms with E-state index in [0.29, 0.717) is 17.5 Å². The number of nitriles is 1. The Bertz CT molecular complexity index is 612. The highest BCUT2D eigenvalue weighted by molar-refractivity contribution is 7.99. The van der Waals surface area contributed by atoms with Gasteiger partial charge in [0.05, 0.1) is 28.6 Å². The van der Waals surface area contributed by atoms with Gasteiger partial charge in [-0.2, -0.15) is 5.26 Å². The summed E-state index contributed by atoms with van der Waals surface area (Å²) < 4.78 is 5.57. The molecule has 0 fully saturated rings. The fourth-order valence-electron chi connectivity index (χ4n) is 1.46. The molecule has 0 unspecified atom stereocenters. The number of aryl methyl sites for hydroxylation is 1. The third kappa shape index (κ3) is 4.32. The third-order valence-electron chi connectivity index (χ3n) is 2.70. The summed E-state index contributed by atoms with van der Waals surface area (Å²) in [6.07, 6.45) is 1.36. The Hall–Kier alpha value is -1.39. The largest absolute Gasteiger partial charge is 0.416 e. The van der Waals surface area contributed by atoms with Crippen molar-refractivity contribution in [1.82, 2.24) is 15.2 Å². The number of rotatable bonds is 6. The first kappa shape index (κ1) is 15.0. The Morgan fingerprint density at radius 3 is 2.90 bits per heavy atom. The molecule has 0 aliphatic heterocycles. The SMILES string of the molecule is Cc1nc(Cc2nnc(SCCC(C)(C)C#N)o2)cs1. The molecule has 0 saturated heterocycles. The fourth-order valence-corrected chi connectivity index (χ4v) is 3.12. The van der Waals surface area contributed by atoms with Crippen LogP contribution in [0.1, 0.15) is 36.9 Å². The van der Waals surface area contributed by atoms with E-state index < -0.39 is 0 Å². The summed E-state index contributed by atoms with van der Waals surface area (Å²) in [6, 6.07) is 2.28. The monoisotopic (exact) mass is 308 g/mol. The smallest absolute Gasteiger partial charge is 0.276 e. The van der Waals surface area contributed by atoms with E-state index in [4.69, 9.17) is 9.68 Å².